The lowest BCUT2D eigenvalue weighted by Gasteiger charge is -2.20. The number of nitrogens with zero attached hydrogens (tertiary/aromatic N) is 1. The first-order chi connectivity index (χ1) is 14.1. The van der Waals surface area contributed by atoms with Gasteiger partial charge in [-0.2, -0.15) is 11.3 Å². The molecule has 0 bridgehead atoms. The van der Waals surface area contributed by atoms with Gasteiger partial charge in [-0.05, 0) is 66.1 Å². The van der Waals surface area contributed by atoms with Crippen LogP contribution in [0.1, 0.15) is 45.2 Å². The molecule has 4 aromatic rings. The predicted molar refractivity (Wildman–Crippen MR) is 119 cm³/mol. The van der Waals surface area contributed by atoms with Gasteiger partial charge in [-0.25, -0.2) is 4.98 Å². The van der Waals surface area contributed by atoms with Crippen LogP contribution in [0.3, 0.4) is 0 Å². The lowest BCUT2D eigenvalue weighted by atomic mass is 10.0. The molecule has 0 fully saturated rings. The zero-order valence-corrected chi connectivity index (χ0v) is 17.8. The molecule has 0 saturated carbocycles. The third kappa shape index (κ3) is 4.41. The molecule has 1 amide bonds. The molecule has 0 aliphatic carbocycles. The molecule has 148 valence electrons. The maximum absolute atomic E-state index is 12.6. The summed E-state index contributed by atoms with van der Waals surface area (Å²) in [6.45, 7) is 4.09. The summed E-state index contributed by atoms with van der Waals surface area (Å²) in [6.07, 6.45) is 2.40. The maximum Gasteiger partial charge on any atom is 0.291 e. The highest BCUT2D eigenvalue weighted by Crippen LogP contribution is 2.38. The topological polar surface area (TPSA) is 67.2 Å². The van der Waals surface area contributed by atoms with Crippen LogP contribution >= 0.6 is 22.7 Å². The lowest BCUT2D eigenvalue weighted by molar-refractivity contribution is 0.0997. The third-order valence-corrected chi connectivity index (χ3v) is 6.41. The molecule has 0 radical (unpaired) electrons. The summed E-state index contributed by atoms with van der Waals surface area (Å²) in [5, 5.41) is 11.6. The number of furan rings is 1. The number of anilines is 2. The van der Waals surface area contributed by atoms with Gasteiger partial charge in [0, 0.05) is 16.1 Å². The molecule has 0 spiro atoms. The number of pyridine rings is 1. The normalized spacial score (nSPS) is 11.9. The maximum atomic E-state index is 12.6. The Balaban J connectivity index is 1.71. The number of aromatic nitrogens is 1. The highest BCUT2D eigenvalue weighted by molar-refractivity contribution is 7.16. The van der Waals surface area contributed by atoms with Crippen molar-refractivity contribution in [3.8, 4) is 0 Å². The fourth-order valence-electron chi connectivity index (χ4n) is 3.07. The summed E-state index contributed by atoms with van der Waals surface area (Å²) >= 11 is 3.24. The second-order valence-electron chi connectivity index (χ2n) is 6.58. The van der Waals surface area contributed by atoms with Crippen molar-refractivity contribution in [2.75, 3.05) is 10.6 Å². The van der Waals surface area contributed by atoms with Gasteiger partial charge in [-0.3, -0.25) is 4.79 Å². The van der Waals surface area contributed by atoms with Crippen LogP contribution in [0.2, 0.25) is 0 Å². The summed E-state index contributed by atoms with van der Waals surface area (Å²) < 4.78 is 5.25. The number of amides is 1. The van der Waals surface area contributed by atoms with Crippen molar-refractivity contribution in [3.05, 3.63) is 86.9 Å². The first-order valence-corrected chi connectivity index (χ1v) is 11.1. The van der Waals surface area contributed by atoms with Gasteiger partial charge in [-0.15, -0.1) is 11.3 Å². The van der Waals surface area contributed by atoms with Crippen LogP contribution in [-0.4, -0.2) is 10.9 Å². The van der Waals surface area contributed by atoms with Gasteiger partial charge in [-0.1, -0.05) is 13.0 Å². The number of aryl methyl sites for hydroxylation is 2. The molecule has 4 heterocycles. The third-order valence-electron chi connectivity index (χ3n) is 4.50. The second-order valence-corrected chi connectivity index (χ2v) is 8.50. The highest BCUT2D eigenvalue weighted by Gasteiger charge is 2.23. The molecular formula is C22H21N3O2S2. The van der Waals surface area contributed by atoms with Crippen LogP contribution in [0.25, 0.3) is 0 Å². The van der Waals surface area contributed by atoms with E-state index in [4.69, 9.17) is 4.42 Å². The molecule has 0 aromatic carbocycles. The van der Waals surface area contributed by atoms with E-state index >= 15 is 0 Å². The summed E-state index contributed by atoms with van der Waals surface area (Å²) in [6, 6.07) is 13.4. The number of hydrogen-bond acceptors (Lipinski definition) is 6. The zero-order valence-electron chi connectivity index (χ0n) is 16.1. The van der Waals surface area contributed by atoms with Gasteiger partial charge in [0.25, 0.3) is 5.91 Å². The van der Waals surface area contributed by atoms with Crippen LogP contribution in [0.5, 0.6) is 0 Å². The standard InChI is InChI=1S/C22H21N3O2S2/c1-3-16-12-17(22(29-16)25-21(26)18-7-5-10-27-18)20(15-9-11-28-13-15)24-19-8-4-6-14(2)23-19/h4-13,20H,3H2,1-2H3,(H,23,24)(H,25,26)/t20-/m1/s1. The highest BCUT2D eigenvalue weighted by atomic mass is 32.1. The fourth-order valence-corrected chi connectivity index (χ4v) is 4.79. The van der Waals surface area contributed by atoms with E-state index in [1.807, 2.05) is 25.1 Å². The average Bonchev–Trinajstić information content (AvgIpc) is 3.47. The Morgan fingerprint density at radius 1 is 1.24 bits per heavy atom. The van der Waals surface area contributed by atoms with E-state index in [0.717, 1.165) is 34.1 Å². The smallest absolute Gasteiger partial charge is 0.291 e. The molecule has 4 rings (SSSR count). The Labute approximate surface area is 177 Å². The van der Waals surface area contributed by atoms with E-state index < -0.39 is 0 Å². The zero-order chi connectivity index (χ0) is 20.2. The average molecular weight is 424 g/mol. The Morgan fingerprint density at radius 3 is 2.83 bits per heavy atom. The minimum absolute atomic E-state index is 0.126. The number of carbonyl (C=O) groups is 1. The quantitative estimate of drug-likeness (QED) is 0.376. The van der Waals surface area contributed by atoms with Crippen LogP contribution < -0.4 is 10.6 Å². The molecule has 7 heteroatoms. The van der Waals surface area contributed by atoms with Crippen molar-refractivity contribution in [2.45, 2.75) is 26.3 Å². The number of rotatable bonds is 7. The molecule has 0 unspecified atom stereocenters. The fraction of sp³-hybridized carbons (Fsp3) is 0.182. The molecule has 2 N–H and O–H groups in total. The summed E-state index contributed by atoms with van der Waals surface area (Å²) in [4.78, 5) is 18.4. The predicted octanol–water partition coefficient (Wildman–Crippen LogP) is 6.12. The van der Waals surface area contributed by atoms with Crippen molar-refractivity contribution < 1.29 is 9.21 Å². The molecule has 5 nitrogen and oxygen atoms in total. The Bertz CT molecular complexity index is 1090. The van der Waals surface area contributed by atoms with Gasteiger partial charge < -0.3 is 15.1 Å². The lowest BCUT2D eigenvalue weighted by Crippen LogP contribution is -2.16. The minimum atomic E-state index is -0.251. The molecule has 1 atom stereocenters. The SMILES string of the molecule is CCc1cc([C@H](Nc2cccc(C)n2)c2ccsc2)c(NC(=O)c2ccco2)s1. The molecule has 0 saturated heterocycles. The van der Waals surface area contributed by atoms with E-state index in [1.165, 1.54) is 11.1 Å². The van der Waals surface area contributed by atoms with Gasteiger partial charge in [0.15, 0.2) is 5.76 Å². The Kier molecular flexibility index (Phi) is 5.78. The number of carbonyl (C=O) groups excluding carboxylic acids is 1. The van der Waals surface area contributed by atoms with Crippen LogP contribution in [0.15, 0.2) is 63.9 Å². The molecule has 0 aliphatic heterocycles. The van der Waals surface area contributed by atoms with E-state index in [0.29, 0.717) is 5.76 Å². The van der Waals surface area contributed by atoms with Crippen molar-refractivity contribution in [1.82, 2.24) is 4.98 Å². The van der Waals surface area contributed by atoms with Gasteiger partial charge in [0.1, 0.15) is 10.8 Å². The number of thiophene rings is 2. The Morgan fingerprint density at radius 2 is 2.14 bits per heavy atom. The van der Waals surface area contributed by atoms with Gasteiger partial charge >= 0.3 is 0 Å². The first-order valence-electron chi connectivity index (χ1n) is 9.33. The second kappa shape index (κ2) is 8.63. The van der Waals surface area contributed by atoms with Crippen molar-refractivity contribution in [1.29, 1.82) is 0 Å². The van der Waals surface area contributed by atoms with Crippen LogP contribution in [-0.2, 0) is 6.42 Å². The van der Waals surface area contributed by atoms with E-state index in [1.54, 1.807) is 34.8 Å². The minimum Gasteiger partial charge on any atom is -0.459 e. The van der Waals surface area contributed by atoms with Gasteiger partial charge in [0.2, 0.25) is 0 Å². The molecule has 29 heavy (non-hydrogen) atoms. The number of hydrogen-bond donors (Lipinski definition) is 2. The first kappa shape index (κ1) is 19.4. The number of nitrogens with one attached hydrogen (secondary N) is 2. The van der Waals surface area contributed by atoms with Crippen molar-refractivity contribution in [2.24, 2.45) is 0 Å². The van der Waals surface area contributed by atoms with E-state index in [-0.39, 0.29) is 11.9 Å². The summed E-state index contributed by atoms with van der Waals surface area (Å²) in [5.41, 5.74) is 3.10. The van der Waals surface area contributed by atoms with Gasteiger partial charge in [0.05, 0.1) is 12.3 Å². The van der Waals surface area contributed by atoms with Crippen LogP contribution in [0.4, 0.5) is 10.8 Å². The van der Waals surface area contributed by atoms with Crippen molar-refractivity contribution in [3.63, 3.8) is 0 Å². The largest absolute Gasteiger partial charge is 0.459 e. The summed E-state index contributed by atoms with van der Waals surface area (Å²) in [7, 11) is 0. The summed E-state index contributed by atoms with van der Waals surface area (Å²) in [5.74, 6) is 0.843. The van der Waals surface area contributed by atoms with Crippen molar-refractivity contribution >= 4 is 39.4 Å². The monoisotopic (exact) mass is 423 g/mol. The molecule has 0 aliphatic rings. The Hall–Kier alpha value is -2.90. The molecular weight excluding hydrogens is 402 g/mol. The molecule has 4 aromatic heterocycles. The van der Waals surface area contributed by atoms with E-state index in [2.05, 4.69) is 45.4 Å². The van der Waals surface area contributed by atoms with Crippen LogP contribution in [0, 0.1) is 6.92 Å². The van der Waals surface area contributed by atoms with E-state index in [9.17, 15) is 4.79 Å².